The van der Waals surface area contributed by atoms with Crippen LogP contribution in [0.5, 0.6) is 0 Å². The van der Waals surface area contributed by atoms with Gasteiger partial charge in [0.2, 0.25) is 0 Å². The summed E-state index contributed by atoms with van der Waals surface area (Å²) >= 11 is 1.37. The van der Waals surface area contributed by atoms with Crippen LogP contribution >= 0.6 is 11.8 Å². The molecule has 2 saturated heterocycles. The van der Waals surface area contributed by atoms with Gasteiger partial charge in [0.15, 0.2) is 0 Å². The number of amides is 3. The van der Waals surface area contributed by atoms with Crippen LogP contribution in [0.25, 0.3) is 0 Å². The molecule has 0 saturated carbocycles. The molecule has 0 bridgehead atoms. The zero-order valence-corrected chi connectivity index (χ0v) is 13.5. The van der Waals surface area contributed by atoms with Gasteiger partial charge in [-0.25, -0.2) is 9.59 Å². The molecule has 2 heterocycles. The maximum atomic E-state index is 12.1. The average Bonchev–Trinajstić information content (AvgIpc) is 2.98. The molecule has 0 spiro atoms. The van der Waals surface area contributed by atoms with Crippen LogP contribution in [0.2, 0.25) is 0 Å². The van der Waals surface area contributed by atoms with Crippen molar-refractivity contribution in [2.24, 2.45) is 0 Å². The van der Waals surface area contributed by atoms with Crippen molar-refractivity contribution in [1.29, 1.82) is 0 Å². The maximum absolute atomic E-state index is 12.1. The zero-order chi connectivity index (χ0) is 16.5. The molecule has 2 aliphatic heterocycles. The number of hydrogen-bond acceptors (Lipinski definition) is 7. The lowest BCUT2D eigenvalue weighted by molar-refractivity contribution is -0.200. The molecule has 2 rings (SSSR count). The molecule has 0 unspecified atom stereocenters. The van der Waals surface area contributed by atoms with Crippen molar-refractivity contribution in [2.75, 3.05) is 11.6 Å². The predicted octanol–water partition coefficient (Wildman–Crippen LogP) is 0.904. The number of hydrogen-bond donors (Lipinski definition) is 0. The molecule has 0 aromatic heterocycles. The monoisotopic (exact) mass is 330 g/mol. The molecule has 0 aromatic carbocycles. The topological polar surface area (TPSA) is 93.2 Å². The molecule has 0 aromatic rings. The minimum Gasteiger partial charge on any atom is -0.444 e. The molecule has 1 atom stereocenters. The third kappa shape index (κ3) is 3.70. The Morgan fingerprint density at radius 3 is 2.32 bits per heavy atom. The Hall–Kier alpha value is -1.77. The Kier molecular flexibility index (Phi) is 4.64. The van der Waals surface area contributed by atoms with Crippen LogP contribution in [0.1, 0.15) is 33.6 Å². The Morgan fingerprint density at radius 1 is 1.18 bits per heavy atom. The van der Waals surface area contributed by atoms with Crippen LogP contribution in [-0.4, -0.2) is 57.1 Å². The molecule has 22 heavy (non-hydrogen) atoms. The van der Waals surface area contributed by atoms with Gasteiger partial charge in [-0.3, -0.25) is 14.5 Å². The molecule has 8 nitrogen and oxygen atoms in total. The largest absolute Gasteiger partial charge is 0.444 e. The summed E-state index contributed by atoms with van der Waals surface area (Å²) in [4.78, 5) is 53.2. The molecular weight excluding hydrogens is 312 g/mol. The highest BCUT2D eigenvalue weighted by Crippen LogP contribution is 2.25. The summed E-state index contributed by atoms with van der Waals surface area (Å²) in [5, 5.41) is 0.485. The van der Waals surface area contributed by atoms with E-state index in [9.17, 15) is 19.2 Å². The Labute approximate surface area is 132 Å². The fourth-order valence-corrected chi connectivity index (χ4v) is 3.07. The van der Waals surface area contributed by atoms with Gasteiger partial charge in [-0.1, -0.05) is 0 Å². The highest BCUT2D eigenvalue weighted by atomic mass is 32.2. The van der Waals surface area contributed by atoms with Gasteiger partial charge in [-0.05, 0) is 20.8 Å². The van der Waals surface area contributed by atoms with Crippen molar-refractivity contribution in [2.45, 2.75) is 45.3 Å². The lowest BCUT2D eigenvalue weighted by atomic mass is 10.2. The van der Waals surface area contributed by atoms with E-state index >= 15 is 0 Å². The normalized spacial score (nSPS) is 22.2. The van der Waals surface area contributed by atoms with E-state index in [-0.39, 0.29) is 18.7 Å². The Balaban J connectivity index is 2.00. The number of thioether (sulfide) groups is 1. The second-order valence-corrected chi connectivity index (χ2v) is 6.96. The van der Waals surface area contributed by atoms with Crippen molar-refractivity contribution in [3.05, 3.63) is 0 Å². The highest BCUT2D eigenvalue weighted by molar-refractivity contribution is 7.99. The van der Waals surface area contributed by atoms with Gasteiger partial charge in [0.05, 0.1) is 5.88 Å². The van der Waals surface area contributed by atoms with Gasteiger partial charge in [0.25, 0.3) is 11.8 Å². The minimum absolute atomic E-state index is 0.0291. The molecule has 3 amide bonds. The van der Waals surface area contributed by atoms with Gasteiger partial charge in [-0.2, -0.15) is 0 Å². The van der Waals surface area contributed by atoms with E-state index in [0.717, 1.165) is 0 Å². The fourth-order valence-electron chi connectivity index (χ4n) is 1.95. The Morgan fingerprint density at radius 2 is 1.77 bits per heavy atom. The van der Waals surface area contributed by atoms with Crippen molar-refractivity contribution < 1.29 is 28.8 Å². The van der Waals surface area contributed by atoms with Crippen LogP contribution in [0, 0.1) is 0 Å². The number of imide groups is 1. The SMILES string of the molecule is CC(C)(C)OC(=O)N1CSC[C@H]1C(=O)ON1C(=O)CCC1=O. The van der Waals surface area contributed by atoms with Gasteiger partial charge in [0.1, 0.15) is 11.6 Å². The van der Waals surface area contributed by atoms with Gasteiger partial charge in [0, 0.05) is 18.6 Å². The van der Waals surface area contributed by atoms with Crippen LogP contribution in [0.15, 0.2) is 0 Å². The third-order valence-electron chi connectivity index (χ3n) is 2.97. The van der Waals surface area contributed by atoms with Crippen LogP contribution in [0.3, 0.4) is 0 Å². The highest BCUT2D eigenvalue weighted by Gasteiger charge is 2.41. The number of carbonyl (C=O) groups excluding carboxylic acids is 4. The number of ether oxygens (including phenoxy) is 1. The summed E-state index contributed by atoms with van der Waals surface area (Å²) in [5.41, 5.74) is -0.681. The molecule has 2 fully saturated rings. The maximum Gasteiger partial charge on any atom is 0.411 e. The lowest BCUT2D eigenvalue weighted by Crippen LogP contribution is -2.47. The zero-order valence-electron chi connectivity index (χ0n) is 12.7. The first-order valence-corrected chi connectivity index (χ1v) is 7.99. The standard InChI is InChI=1S/C13H18N2O6S/c1-13(2,3)20-12(19)14-7-22-6-8(14)11(18)21-15-9(16)4-5-10(15)17/h8H,4-7H2,1-3H3/t8-/m0/s1. The second-order valence-electron chi connectivity index (χ2n) is 5.96. The van der Waals surface area contributed by atoms with Gasteiger partial charge >= 0.3 is 12.1 Å². The van der Waals surface area contributed by atoms with E-state index < -0.39 is 35.5 Å². The number of carbonyl (C=O) groups is 4. The summed E-state index contributed by atoms with van der Waals surface area (Å²) in [7, 11) is 0. The number of rotatable bonds is 2. The predicted molar refractivity (Wildman–Crippen MR) is 76.4 cm³/mol. The quantitative estimate of drug-likeness (QED) is 0.694. The Bertz CT molecular complexity index is 499. The molecule has 2 aliphatic rings. The molecule has 0 aliphatic carbocycles. The van der Waals surface area contributed by atoms with Gasteiger partial charge in [-0.15, -0.1) is 16.8 Å². The van der Waals surface area contributed by atoms with Crippen LogP contribution < -0.4 is 0 Å². The molecule has 0 N–H and O–H groups in total. The van der Waals surface area contributed by atoms with E-state index in [0.29, 0.717) is 10.8 Å². The fraction of sp³-hybridized carbons (Fsp3) is 0.692. The van der Waals surface area contributed by atoms with Crippen molar-refractivity contribution in [3.8, 4) is 0 Å². The molecule has 9 heteroatoms. The molecular formula is C13H18N2O6S. The average molecular weight is 330 g/mol. The van der Waals surface area contributed by atoms with E-state index in [1.807, 2.05) is 0 Å². The van der Waals surface area contributed by atoms with Crippen LogP contribution in [0.4, 0.5) is 4.79 Å². The van der Waals surface area contributed by atoms with E-state index in [2.05, 4.69) is 0 Å². The lowest BCUT2D eigenvalue weighted by Gasteiger charge is -2.27. The first-order valence-electron chi connectivity index (χ1n) is 6.84. The first kappa shape index (κ1) is 16.6. The first-order chi connectivity index (χ1) is 10.2. The number of nitrogens with zero attached hydrogens (tertiary/aromatic N) is 2. The molecule has 122 valence electrons. The number of hydroxylamine groups is 2. The summed E-state index contributed by atoms with van der Waals surface area (Å²) in [6.45, 7) is 5.18. The van der Waals surface area contributed by atoms with Crippen molar-refractivity contribution in [3.63, 3.8) is 0 Å². The smallest absolute Gasteiger partial charge is 0.411 e. The van der Waals surface area contributed by atoms with Crippen molar-refractivity contribution >= 4 is 35.6 Å². The van der Waals surface area contributed by atoms with E-state index in [4.69, 9.17) is 9.57 Å². The summed E-state index contributed by atoms with van der Waals surface area (Å²) < 4.78 is 5.23. The summed E-state index contributed by atoms with van der Waals surface area (Å²) in [5.74, 6) is -1.29. The summed E-state index contributed by atoms with van der Waals surface area (Å²) in [6.07, 6.45) is -0.568. The van der Waals surface area contributed by atoms with E-state index in [1.54, 1.807) is 20.8 Å². The minimum atomic E-state index is -0.874. The van der Waals surface area contributed by atoms with Crippen molar-refractivity contribution in [1.82, 2.24) is 9.96 Å². The van der Waals surface area contributed by atoms with E-state index in [1.165, 1.54) is 16.7 Å². The third-order valence-corrected chi connectivity index (χ3v) is 3.98. The second kappa shape index (κ2) is 6.15. The molecule has 0 radical (unpaired) electrons. The van der Waals surface area contributed by atoms with Gasteiger partial charge < -0.3 is 9.57 Å². The van der Waals surface area contributed by atoms with Crippen LogP contribution in [-0.2, 0) is 24.0 Å². The summed E-state index contributed by atoms with van der Waals surface area (Å²) in [6, 6.07) is -0.874.